The SMILES string of the molecule is BC[C@@H](O)c1ccc(C)cc1. The zero-order chi connectivity index (χ0) is 8.27. The van der Waals surface area contributed by atoms with Gasteiger partial charge in [0.2, 0.25) is 0 Å². The second-order valence-electron chi connectivity index (χ2n) is 2.83. The average Bonchev–Trinajstić information content (AvgIpc) is 2.05. The fraction of sp³-hybridized carbons (Fsp3) is 0.333. The highest BCUT2D eigenvalue weighted by atomic mass is 16.3. The molecule has 0 bridgehead atoms. The van der Waals surface area contributed by atoms with Crippen molar-refractivity contribution < 1.29 is 5.11 Å². The van der Waals surface area contributed by atoms with Gasteiger partial charge in [0.05, 0.1) is 6.10 Å². The predicted molar refractivity (Wildman–Crippen MR) is 49.5 cm³/mol. The summed E-state index contributed by atoms with van der Waals surface area (Å²) in [7, 11) is 1.98. The molecule has 1 aromatic rings. The molecule has 0 fully saturated rings. The molecule has 11 heavy (non-hydrogen) atoms. The van der Waals surface area contributed by atoms with Crippen molar-refractivity contribution >= 4 is 7.85 Å². The van der Waals surface area contributed by atoms with Gasteiger partial charge < -0.3 is 5.11 Å². The Morgan fingerprint density at radius 3 is 2.36 bits per heavy atom. The molecule has 0 saturated carbocycles. The summed E-state index contributed by atoms with van der Waals surface area (Å²) in [6.07, 6.45) is 0.485. The number of hydrogen-bond acceptors (Lipinski definition) is 1. The molecule has 0 heterocycles. The first kappa shape index (κ1) is 8.34. The number of hydrogen-bond donors (Lipinski definition) is 1. The Morgan fingerprint density at radius 2 is 1.91 bits per heavy atom. The van der Waals surface area contributed by atoms with Gasteiger partial charge >= 0.3 is 0 Å². The topological polar surface area (TPSA) is 20.2 Å². The van der Waals surface area contributed by atoms with E-state index in [4.69, 9.17) is 0 Å². The van der Waals surface area contributed by atoms with Gasteiger partial charge in [-0.2, -0.15) is 0 Å². The summed E-state index contributed by atoms with van der Waals surface area (Å²) >= 11 is 0. The van der Waals surface area contributed by atoms with E-state index in [0.717, 1.165) is 11.9 Å². The molecule has 0 aromatic heterocycles. The molecule has 58 valence electrons. The van der Waals surface area contributed by atoms with Crippen molar-refractivity contribution in [1.82, 2.24) is 0 Å². The molecule has 0 amide bonds. The summed E-state index contributed by atoms with van der Waals surface area (Å²) in [6, 6.07) is 8.00. The maximum absolute atomic E-state index is 9.42. The highest BCUT2D eigenvalue weighted by molar-refractivity contribution is 6.08. The molecule has 0 spiro atoms. The van der Waals surface area contributed by atoms with Crippen LogP contribution in [0, 0.1) is 6.92 Å². The summed E-state index contributed by atoms with van der Waals surface area (Å²) in [4.78, 5) is 0. The lowest BCUT2D eigenvalue weighted by molar-refractivity contribution is 0.200. The monoisotopic (exact) mass is 148 g/mol. The van der Waals surface area contributed by atoms with Gasteiger partial charge in [-0.05, 0) is 12.5 Å². The molecular formula is C9H13BO. The van der Waals surface area contributed by atoms with Gasteiger partial charge in [0.1, 0.15) is 7.85 Å². The molecule has 0 saturated heterocycles. The van der Waals surface area contributed by atoms with E-state index in [2.05, 4.69) is 0 Å². The maximum Gasteiger partial charge on any atom is 0.105 e. The molecule has 2 heteroatoms. The first-order valence-corrected chi connectivity index (χ1v) is 3.98. The van der Waals surface area contributed by atoms with Crippen molar-refractivity contribution in [3.63, 3.8) is 0 Å². The van der Waals surface area contributed by atoms with Crippen LogP contribution >= 0.6 is 0 Å². The van der Waals surface area contributed by atoms with E-state index in [1.807, 2.05) is 39.0 Å². The molecule has 1 nitrogen and oxygen atoms in total. The van der Waals surface area contributed by atoms with E-state index in [1.165, 1.54) is 5.56 Å². The number of aliphatic hydroxyl groups is 1. The Kier molecular flexibility index (Phi) is 2.72. The fourth-order valence-corrected chi connectivity index (χ4v) is 1.02. The van der Waals surface area contributed by atoms with Gasteiger partial charge in [0.15, 0.2) is 0 Å². The van der Waals surface area contributed by atoms with E-state index < -0.39 is 0 Å². The first-order chi connectivity index (χ1) is 5.24. The van der Waals surface area contributed by atoms with Crippen LogP contribution in [0.25, 0.3) is 0 Å². The molecular weight excluding hydrogens is 135 g/mol. The van der Waals surface area contributed by atoms with Crippen molar-refractivity contribution in [3.05, 3.63) is 35.4 Å². The van der Waals surface area contributed by atoms with E-state index >= 15 is 0 Å². The van der Waals surface area contributed by atoms with E-state index in [0.29, 0.717) is 0 Å². The Hall–Kier alpha value is -0.755. The van der Waals surface area contributed by atoms with Gasteiger partial charge in [-0.15, -0.1) is 0 Å². The minimum Gasteiger partial charge on any atom is -0.389 e. The van der Waals surface area contributed by atoms with Crippen molar-refractivity contribution in [2.75, 3.05) is 0 Å². The molecule has 0 unspecified atom stereocenters. The summed E-state index contributed by atoms with van der Waals surface area (Å²) < 4.78 is 0. The minimum atomic E-state index is -0.296. The average molecular weight is 148 g/mol. The second-order valence-corrected chi connectivity index (χ2v) is 2.83. The van der Waals surface area contributed by atoms with Gasteiger partial charge in [-0.25, -0.2) is 0 Å². The number of aryl methyl sites for hydroxylation is 1. The predicted octanol–water partition coefficient (Wildman–Crippen LogP) is 1.08. The summed E-state index contributed by atoms with van der Waals surface area (Å²) in [5.74, 6) is 0. The smallest absolute Gasteiger partial charge is 0.105 e. The lowest BCUT2D eigenvalue weighted by atomic mass is 9.94. The third-order valence-corrected chi connectivity index (χ3v) is 1.85. The Bertz CT molecular complexity index is 218. The Morgan fingerprint density at radius 1 is 1.36 bits per heavy atom. The Balaban J connectivity index is 2.81. The zero-order valence-electron chi connectivity index (χ0n) is 7.04. The molecule has 1 atom stereocenters. The summed E-state index contributed by atoms with van der Waals surface area (Å²) in [5.41, 5.74) is 2.25. The van der Waals surface area contributed by atoms with Crippen LogP contribution < -0.4 is 0 Å². The van der Waals surface area contributed by atoms with E-state index in [9.17, 15) is 5.11 Å². The maximum atomic E-state index is 9.42. The standard InChI is InChI=1S/C9H13BO/c1-7-2-4-8(5-3-7)9(11)6-10/h2-5,9,11H,6,10H2,1H3/t9-/m1/s1. The van der Waals surface area contributed by atoms with Crippen LogP contribution in [-0.2, 0) is 0 Å². The first-order valence-electron chi connectivity index (χ1n) is 3.98. The van der Waals surface area contributed by atoms with Gasteiger partial charge in [-0.1, -0.05) is 36.1 Å². The van der Waals surface area contributed by atoms with Crippen LogP contribution in [-0.4, -0.2) is 13.0 Å². The number of benzene rings is 1. The Labute approximate surface area is 68.5 Å². The van der Waals surface area contributed by atoms with Crippen LogP contribution in [0.2, 0.25) is 6.32 Å². The summed E-state index contributed by atoms with van der Waals surface area (Å²) in [5, 5.41) is 9.42. The minimum absolute atomic E-state index is 0.296. The van der Waals surface area contributed by atoms with E-state index in [-0.39, 0.29) is 6.10 Å². The van der Waals surface area contributed by atoms with Crippen LogP contribution in [0.5, 0.6) is 0 Å². The third kappa shape index (κ3) is 2.09. The van der Waals surface area contributed by atoms with Crippen molar-refractivity contribution in [2.24, 2.45) is 0 Å². The second kappa shape index (κ2) is 3.58. The molecule has 0 radical (unpaired) electrons. The van der Waals surface area contributed by atoms with Crippen molar-refractivity contribution in [1.29, 1.82) is 0 Å². The molecule has 1 N–H and O–H groups in total. The molecule has 0 aliphatic rings. The van der Waals surface area contributed by atoms with Crippen LogP contribution in [0.15, 0.2) is 24.3 Å². The molecule has 1 aromatic carbocycles. The largest absolute Gasteiger partial charge is 0.389 e. The molecule has 1 rings (SSSR count). The van der Waals surface area contributed by atoms with Gasteiger partial charge in [0.25, 0.3) is 0 Å². The lowest BCUT2D eigenvalue weighted by Gasteiger charge is -2.07. The normalized spacial score (nSPS) is 12.9. The number of rotatable bonds is 2. The van der Waals surface area contributed by atoms with Crippen LogP contribution in [0.3, 0.4) is 0 Å². The fourth-order valence-electron chi connectivity index (χ4n) is 1.02. The number of aliphatic hydroxyl groups excluding tert-OH is 1. The lowest BCUT2D eigenvalue weighted by Crippen LogP contribution is -1.95. The highest BCUT2D eigenvalue weighted by Crippen LogP contribution is 2.15. The van der Waals surface area contributed by atoms with Gasteiger partial charge in [-0.3, -0.25) is 0 Å². The summed E-state index contributed by atoms with van der Waals surface area (Å²) in [6.45, 7) is 2.04. The molecule has 0 aliphatic heterocycles. The van der Waals surface area contributed by atoms with Crippen LogP contribution in [0.4, 0.5) is 0 Å². The zero-order valence-corrected chi connectivity index (χ0v) is 7.04. The third-order valence-electron chi connectivity index (χ3n) is 1.85. The van der Waals surface area contributed by atoms with Crippen molar-refractivity contribution in [3.8, 4) is 0 Å². The van der Waals surface area contributed by atoms with Crippen LogP contribution in [0.1, 0.15) is 17.2 Å². The molecule has 0 aliphatic carbocycles. The van der Waals surface area contributed by atoms with Crippen molar-refractivity contribution in [2.45, 2.75) is 19.3 Å². The quantitative estimate of drug-likeness (QED) is 0.622. The highest BCUT2D eigenvalue weighted by Gasteiger charge is 2.01. The van der Waals surface area contributed by atoms with Gasteiger partial charge in [0, 0.05) is 0 Å². The van der Waals surface area contributed by atoms with E-state index in [1.54, 1.807) is 0 Å².